The maximum absolute atomic E-state index is 5.43. The van der Waals surface area contributed by atoms with Crippen molar-refractivity contribution in [2.24, 2.45) is 5.73 Å². The number of benzene rings is 1. The molecule has 1 aromatic carbocycles. The molecule has 1 nitrogen and oxygen atoms in total. The smallest absolute Gasteiger partial charge is 0.0178 e. The van der Waals surface area contributed by atoms with Crippen LogP contribution in [0.1, 0.15) is 24.5 Å². The highest BCUT2D eigenvalue weighted by Crippen LogP contribution is 2.18. The van der Waals surface area contributed by atoms with Crippen LogP contribution >= 0.6 is 15.9 Å². The highest BCUT2D eigenvalue weighted by Gasteiger charge is 1.97. The zero-order valence-electron chi connectivity index (χ0n) is 8.46. The van der Waals surface area contributed by atoms with Crippen LogP contribution in [-0.2, 0) is 6.42 Å². The Labute approximate surface area is 94.1 Å². The highest BCUT2D eigenvalue weighted by molar-refractivity contribution is 9.10. The summed E-state index contributed by atoms with van der Waals surface area (Å²) in [7, 11) is 0. The Balaban J connectivity index is 2.85. The number of hydrogen-bond acceptors (Lipinski definition) is 1. The van der Waals surface area contributed by atoms with E-state index >= 15 is 0 Å². The molecule has 2 N–H and O–H groups in total. The van der Waals surface area contributed by atoms with Crippen LogP contribution in [0.2, 0.25) is 0 Å². The minimum absolute atomic E-state index is 0.717. The molecule has 0 aliphatic rings. The van der Waals surface area contributed by atoms with Gasteiger partial charge in [-0.25, -0.2) is 0 Å². The first-order valence-electron chi connectivity index (χ1n) is 4.93. The number of nitrogens with two attached hydrogens (primary N) is 1. The molecule has 0 bridgehead atoms. The summed E-state index contributed by atoms with van der Waals surface area (Å²) in [5, 5.41) is 0. The van der Waals surface area contributed by atoms with E-state index in [9.17, 15) is 0 Å². The normalized spacial score (nSPS) is 11.1. The van der Waals surface area contributed by atoms with Gasteiger partial charge in [-0.2, -0.15) is 0 Å². The molecule has 1 rings (SSSR count). The van der Waals surface area contributed by atoms with E-state index in [1.54, 1.807) is 0 Å². The van der Waals surface area contributed by atoms with Crippen LogP contribution in [0.15, 0.2) is 28.7 Å². The standard InChI is InChI=1S/C12H16BrN/c1-2-10-9-12(13)7-6-11(10)5-3-4-8-14/h3,5-7,9H,2,4,8,14H2,1H3. The zero-order valence-corrected chi connectivity index (χ0v) is 10.0. The van der Waals surface area contributed by atoms with Crippen molar-refractivity contribution in [3.05, 3.63) is 39.9 Å². The van der Waals surface area contributed by atoms with Gasteiger partial charge >= 0.3 is 0 Å². The van der Waals surface area contributed by atoms with Crippen LogP contribution in [0.5, 0.6) is 0 Å². The molecular weight excluding hydrogens is 238 g/mol. The third-order valence-electron chi connectivity index (χ3n) is 2.12. The van der Waals surface area contributed by atoms with Gasteiger partial charge in [0.05, 0.1) is 0 Å². The van der Waals surface area contributed by atoms with Gasteiger partial charge in [0.1, 0.15) is 0 Å². The molecule has 0 heterocycles. The molecule has 0 amide bonds. The molecule has 0 atom stereocenters. The predicted octanol–water partition coefficient (Wildman–Crippen LogP) is 3.37. The largest absolute Gasteiger partial charge is 0.330 e. The van der Waals surface area contributed by atoms with E-state index in [0.717, 1.165) is 17.3 Å². The molecule has 0 aliphatic carbocycles. The molecule has 14 heavy (non-hydrogen) atoms. The SMILES string of the molecule is CCc1cc(Br)ccc1C=CCCN. The molecule has 0 radical (unpaired) electrons. The van der Waals surface area contributed by atoms with Crippen molar-refractivity contribution in [1.82, 2.24) is 0 Å². The second-order valence-corrected chi connectivity index (χ2v) is 4.09. The quantitative estimate of drug-likeness (QED) is 0.875. The summed E-state index contributed by atoms with van der Waals surface area (Å²) in [6.45, 7) is 2.89. The lowest BCUT2D eigenvalue weighted by Gasteiger charge is -2.03. The Bertz CT molecular complexity index is 318. The molecule has 2 heteroatoms. The van der Waals surface area contributed by atoms with Gasteiger partial charge < -0.3 is 5.73 Å². The van der Waals surface area contributed by atoms with Gasteiger partial charge in [0, 0.05) is 4.47 Å². The summed E-state index contributed by atoms with van der Waals surface area (Å²) in [6, 6.07) is 6.37. The Morgan fingerprint density at radius 3 is 2.86 bits per heavy atom. The number of hydrogen-bond donors (Lipinski definition) is 1. The second-order valence-electron chi connectivity index (χ2n) is 3.18. The molecule has 0 spiro atoms. The third kappa shape index (κ3) is 3.28. The maximum Gasteiger partial charge on any atom is 0.0178 e. The second kappa shape index (κ2) is 5.99. The lowest BCUT2D eigenvalue weighted by Crippen LogP contribution is -1.95. The summed E-state index contributed by atoms with van der Waals surface area (Å²) in [4.78, 5) is 0. The average Bonchev–Trinajstić information content (AvgIpc) is 2.20. The van der Waals surface area contributed by atoms with Crippen molar-refractivity contribution in [1.29, 1.82) is 0 Å². The van der Waals surface area contributed by atoms with Gasteiger partial charge in [0.2, 0.25) is 0 Å². The van der Waals surface area contributed by atoms with E-state index in [0.29, 0.717) is 6.54 Å². The van der Waals surface area contributed by atoms with Gasteiger partial charge in [-0.1, -0.05) is 41.1 Å². The lowest BCUT2D eigenvalue weighted by molar-refractivity contribution is 1.01. The first-order chi connectivity index (χ1) is 6.77. The number of rotatable bonds is 4. The molecule has 0 saturated carbocycles. The average molecular weight is 254 g/mol. The van der Waals surface area contributed by atoms with E-state index in [2.05, 4.69) is 53.2 Å². The minimum atomic E-state index is 0.717. The molecule has 0 fully saturated rings. The summed E-state index contributed by atoms with van der Waals surface area (Å²) >= 11 is 3.47. The minimum Gasteiger partial charge on any atom is -0.330 e. The van der Waals surface area contributed by atoms with Gasteiger partial charge in [-0.05, 0) is 42.6 Å². The van der Waals surface area contributed by atoms with Gasteiger partial charge in [0.25, 0.3) is 0 Å². The molecule has 0 aromatic heterocycles. The van der Waals surface area contributed by atoms with Crippen LogP contribution in [0.25, 0.3) is 6.08 Å². The monoisotopic (exact) mass is 253 g/mol. The van der Waals surface area contributed by atoms with Crippen molar-refractivity contribution >= 4 is 22.0 Å². The Morgan fingerprint density at radius 1 is 1.43 bits per heavy atom. The number of halogens is 1. The summed E-state index contributed by atoms with van der Waals surface area (Å²) in [6.07, 6.45) is 6.28. The predicted molar refractivity (Wildman–Crippen MR) is 66.2 cm³/mol. The van der Waals surface area contributed by atoms with E-state index in [1.165, 1.54) is 11.1 Å². The van der Waals surface area contributed by atoms with Crippen LogP contribution in [-0.4, -0.2) is 6.54 Å². The fraction of sp³-hybridized carbons (Fsp3) is 0.333. The highest BCUT2D eigenvalue weighted by atomic mass is 79.9. The van der Waals surface area contributed by atoms with E-state index in [1.807, 2.05) is 0 Å². The first kappa shape index (κ1) is 11.5. The molecule has 0 aliphatic heterocycles. The third-order valence-corrected chi connectivity index (χ3v) is 2.61. The summed E-state index contributed by atoms with van der Waals surface area (Å²) in [5.41, 5.74) is 8.09. The summed E-state index contributed by atoms with van der Waals surface area (Å²) < 4.78 is 1.14. The Kier molecular flexibility index (Phi) is 4.91. The van der Waals surface area contributed by atoms with E-state index in [4.69, 9.17) is 5.73 Å². The van der Waals surface area contributed by atoms with Crippen molar-refractivity contribution in [2.75, 3.05) is 6.54 Å². The van der Waals surface area contributed by atoms with Gasteiger partial charge in [0.15, 0.2) is 0 Å². The fourth-order valence-corrected chi connectivity index (χ4v) is 1.76. The van der Waals surface area contributed by atoms with Crippen LogP contribution in [0, 0.1) is 0 Å². The van der Waals surface area contributed by atoms with E-state index in [-0.39, 0.29) is 0 Å². The fourth-order valence-electron chi connectivity index (χ4n) is 1.35. The molecule has 1 aromatic rings. The van der Waals surface area contributed by atoms with Gasteiger partial charge in [-0.3, -0.25) is 0 Å². The lowest BCUT2D eigenvalue weighted by atomic mass is 10.0. The van der Waals surface area contributed by atoms with Gasteiger partial charge in [-0.15, -0.1) is 0 Å². The van der Waals surface area contributed by atoms with Crippen molar-refractivity contribution < 1.29 is 0 Å². The van der Waals surface area contributed by atoms with Crippen LogP contribution < -0.4 is 5.73 Å². The molecule has 0 unspecified atom stereocenters. The van der Waals surface area contributed by atoms with Crippen molar-refractivity contribution in [3.63, 3.8) is 0 Å². The molecule has 76 valence electrons. The van der Waals surface area contributed by atoms with Crippen LogP contribution in [0.4, 0.5) is 0 Å². The Hall–Kier alpha value is -0.600. The Morgan fingerprint density at radius 2 is 2.21 bits per heavy atom. The first-order valence-corrected chi connectivity index (χ1v) is 5.72. The van der Waals surface area contributed by atoms with Crippen molar-refractivity contribution in [2.45, 2.75) is 19.8 Å². The van der Waals surface area contributed by atoms with E-state index < -0.39 is 0 Å². The van der Waals surface area contributed by atoms with Crippen molar-refractivity contribution in [3.8, 4) is 0 Å². The number of aryl methyl sites for hydroxylation is 1. The van der Waals surface area contributed by atoms with Crippen LogP contribution in [0.3, 0.4) is 0 Å². The molecule has 0 saturated heterocycles. The topological polar surface area (TPSA) is 26.0 Å². The maximum atomic E-state index is 5.43. The molecular formula is C12H16BrN. The zero-order chi connectivity index (χ0) is 10.4. The summed E-state index contributed by atoms with van der Waals surface area (Å²) in [5.74, 6) is 0.